The maximum atomic E-state index is 12.4. The van der Waals surface area contributed by atoms with Crippen LogP contribution in [0.15, 0.2) is 60.9 Å². The van der Waals surface area contributed by atoms with Gasteiger partial charge in [-0.25, -0.2) is 0 Å². The highest BCUT2D eigenvalue weighted by Gasteiger charge is 2.13. The Balaban J connectivity index is 1.35. The molecule has 0 unspecified atom stereocenters. The van der Waals surface area contributed by atoms with E-state index in [2.05, 4.69) is 15.6 Å². The smallest absolute Gasteiger partial charge is 0.253 e. The van der Waals surface area contributed by atoms with Gasteiger partial charge in [0.1, 0.15) is 0 Å². The number of nitrogens with zero attached hydrogens (tertiary/aromatic N) is 1. The van der Waals surface area contributed by atoms with Gasteiger partial charge >= 0.3 is 0 Å². The molecule has 1 amide bonds. The number of rotatable bonds is 6. The number of hydrogen-bond donors (Lipinski definition) is 2. The van der Waals surface area contributed by atoms with Crippen LogP contribution in [0, 0.1) is 0 Å². The van der Waals surface area contributed by atoms with Crippen LogP contribution in [0.1, 0.15) is 21.5 Å². The van der Waals surface area contributed by atoms with E-state index < -0.39 is 0 Å². The van der Waals surface area contributed by atoms with Crippen molar-refractivity contribution in [1.82, 2.24) is 10.3 Å². The average Bonchev–Trinajstić information content (AvgIpc) is 3.20. The van der Waals surface area contributed by atoms with E-state index >= 15 is 0 Å². The van der Waals surface area contributed by atoms with E-state index in [-0.39, 0.29) is 12.7 Å². The van der Waals surface area contributed by atoms with Gasteiger partial charge in [0.15, 0.2) is 11.5 Å². The van der Waals surface area contributed by atoms with E-state index in [4.69, 9.17) is 21.1 Å². The summed E-state index contributed by atoms with van der Waals surface area (Å²) in [4.78, 5) is 16.6. The summed E-state index contributed by atoms with van der Waals surface area (Å²) in [5, 5.41) is 6.82. The predicted molar refractivity (Wildman–Crippen MR) is 107 cm³/mol. The van der Waals surface area contributed by atoms with Gasteiger partial charge in [0.05, 0.1) is 11.3 Å². The van der Waals surface area contributed by atoms with Crippen LogP contribution in [0.2, 0.25) is 5.02 Å². The van der Waals surface area contributed by atoms with E-state index in [0.29, 0.717) is 23.7 Å². The highest BCUT2D eigenvalue weighted by atomic mass is 35.5. The first-order valence-electron chi connectivity index (χ1n) is 8.77. The number of benzene rings is 2. The Bertz CT molecular complexity index is 992. The number of anilines is 1. The molecular weight excluding hydrogens is 378 g/mol. The molecule has 4 rings (SSSR count). The summed E-state index contributed by atoms with van der Waals surface area (Å²) in [5.41, 5.74) is 3.27. The minimum Gasteiger partial charge on any atom is -0.454 e. The summed E-state index contributed by atoms with van der Waals surface area (Å²) in [5.74, 6) is 1.31. The Morgan fingerprint density at radius 3 is 2.61 bits per heavy atom. The van der Waals surface area contributed by atoms with Gasteiger partial charge in [0.25, 0.3) is 5.91 Å². The first-order chi connectivity index (χ1) is 13.7. The molecule has 2 heterocycles. The third-order valence-corrected chi connectivity index (χ3v) is 4.55. The Morgan fingerprint density at radius 1 is 0.964 bits per heavy atom. The van der Waals surface area contributed by atoms with Gasteiger partial charge in [0, 0.05) is 30.5 Å². The lowest BCUT2D eigenvalue weighted by Gasteiger charge is -2.09. The maximum absolute atomic E-state index is 12.4. The van der Waals surface area contributed by atoms with Crippen molar-refractivity contribution >= 4 is 23.2 Å². The molecule has 0 radical (unpaired) electrons. The van der Waals surface area contributed by atoms with Gasteiger partial charge in [-0.05, 0) is 41.5 Å². The van der Waals surface area contributed by atoms with Crippen LogP contribution in [-0.4, -0.2) is 17.7 Å². The standard InChI is InChI=1S/C21H18ClN3O3/c22-17-4-1-14(2-5-17)9-25-21(26)16-8-18(12-23-11-16)24-10-15-3-6-19-20(7-15)28-13-27-19/h1-8,11-12,24H,9-10,13H2,(H,25,26). The van der Waals surface area contributed by atoms with E-state index in [1.54, 1.807) is 30.6 Å². The van der Waals surface area contributed by atoms with Crippen LogP contribution in [0.4, 0.5) is 5.69 Å². The average molecular weight is 396 g/mol. The van der Waals surface area contributed by atoms with Gasteiger partial charge in [-0.3, -0.25) is 9.78 Å². The molecule has 7 heteroatoms. The lowest BCUT2D eigenvalue weighted by atomic mass is 10.2. The number of carbonyl (C=O) groups is 1. The number of amides is 1. The Morgan fingerprint density at radius 2 is 1.75 bits per heavy atom. The van der Waals surface area contributed by atoms with E-state index in [1.807, 2.05) is 30.3 Å². The van der Waals surface area contributed by atoms with E-state index in [0.717, 1.165) is 28.3 Å². The molecule has 1 aliphatic rings. The number of hydrogen-bond acceptors (Lipinski definition) is 5. The molecule has 2 aromatic carbocycles. The summed E-state index contributed by atoms with van der Waals surface area (Å²) in [7, 11) is 0. The van der Waals surface area contributed by atoms with E-state index in [1.165, 1.54) is 0 Å². The van der Waals surface area contributed by atoms with Crippen molar-refractivity contribution in [1.29, 1.82) is 0 Å². The summed E-state index contributed by atoms with van der Waals surface area (Å²) in [6.07, 6.45) is 3.23. The van der Waals surface area contributed by atoms with Crippen LogP contribution in [0.25, 0.3) is 0 Å². The van der Waals surface area contributed by atoms with Gasteiger partial charge in [-0.1, -0.05) is 29.8 Å². The van der Waals surface area contributed by atoms with Crippen molar-refractivity contribution in [2.75, 3.05) is 12.1 Å². The second kappa shape index (κ2) is 8.19. The van der Waals surface area contributed by atoms with Crippen molar-refractivity contribution in [3.8, 4) is 11.5 Å². The van der Waals surface area contributed by atoms with Crippen LogP contribution >= 0.6 is 11.6 Å². The summed E-state index contributed by atoms with van der Waals surface area (Å²) in [6, 6.07) is 14.9. The molecule has 28 heavy (non-hydrogen) atoms. The van der Waals surface area contributed by atoms with Gasteiger partial charge in [0.2, 0.25) is 6.79 Å². The number of carbonyl (C=O) groups excluding carboxylic acids is 1. The van der Waals surface area contributed by atoms with Crippen molar-refractivity contribution < 1.29 is 14.3 Å². The fourth-order valence-electron chi connectivity index (χ4n) is 2.80. The highest BCUT2D eigenvalue weighted by Crippen LogP contribution is 2.32. The third kappa shape index (κ3) is 4.35. The van der Waals surface area contributed by atoms with Crippen molar-refractivity contribution in [3.05, 3.63) is 82.6 Å². The lowest BCUT2D eigenvalue weighted by molar-refractivity contribution is 0.0950. The van der Waals surface area contributed by atoms with Gasteiger partial charge < -0.3 is 20.1 Å². The molecule has 0 fully saturated rings. The van der Waals surface area contributed by atoms with E-state index in [9.17, 15) is 4.79 Å². The zero-order valence-corrected chi connectivity index (χ0v) is 15.7. The number of aromatic nitrogens is 1. The SMILES string of the molecule is O=C(NCc1ccc(Cl)cc1)c1cncc(NCc2ccc3c(c2)OCO3)c1. The molecule has 1 aromatic heterocycles. The molecule has 2 N–H and O–H groups in total. The molecule has 0 saturated heterocycles. The van der Waals surface area contributed by atoms with Crippen LogP contribution in [0.3, 0.4) is 0 Å². The van der Waals surface area contributed by atoms with Gasteiger partial charge in [-0.15, -0.1) is 0 Å². The molecule has 0 atom stereocenters. The zero-order valence-electron chi connectivity index (χ0n) is 14.9. The topological polar surface area (TPSA) is 72.5 Å². The highest BCUT2D eigenvalue weighted by molar-refractivity contribution is 6.30. The Labute approximate surface area is 167 Å². The first-order valence-corrected chi connectivity index (χ1v) is 9.15. The first kappa shape index (κ1) is 18.1. The lowest BCUT2D eigenvalue weighted by Crippen LogP contribution is -2.23. The largest absolute Gasteiger partial charge is 0.454 e. The molecule has 0 saturated carbocycles. The van der Waals surface area contributed by atoms with Crippen LogP contribution in [0.5, 0.6) is 11.5 Å². The number of nitrogens with one attached hydrogen (secondary N) is 2. The normalized spacial score (nSPS) is 11.9. The molecule has 3 aromatic rings. The van der Waals surface area contributed by atoms with Crippen molar-refractivity contribution in [2.45, 2.75) is 13.1 Å². The van der Waals surface area contributed by atoms with Crippen LogP contribution < -0.4 is 20.1 Å². The predicted octanol–water partition coefficient (Wildman–Crippen LogP) is 4.01. The fourth-order valence-corrected chi connectivity index (χ4v) is 2.93. The second-order valence-electron chi connectivity index (χ2n) is 6.31. The fraction of sp³-hybridized carbons (Fsp3) is 0.143. The van der Waals surface area contributed by atoms with Gasteiger partial charge in [-0.2, -0.15) is 0 Å². The number of pyridine rings is 1. The number of fused-ring (bicyclic) bond motifs is 1. The minimum absolute atomic E-state index is 0.186. The number of halogens is 1. The molecule has 1 aliphatic heterocycles. The molecule has 0 bridgehead atoms. The van der Waals surface area contributed by atoms with Crippen LogP contribution in [-0.2, 0) is 13.1 Å². The Kier molecular flexibility index (Phi) is 5.30. The summed E-state index contributed by atoms with van der Waals surface area (Å²) in [6.45, 7) is 1.25. The molecule has 142 valence electrons. The summed E-state index contributed by atoms with van der Waals surface area (Å²) >= 11 is 5.87. The second-order valence-corrected chi connectivity index (χ2v) is 6.75. The quantitative estimate of drug-likeness (QED) is 0.659. The third-order valence-electron chi connectivity index (χ3n) is 4.30. The summed E-state index contributed by atoms with van der Waals surface area (Å²) < 4.78 is 10.7. The molecule has 6 nitrogen and oxygen atoms in total. The maximum Gasteiger partial charge on any atom is 0.253 e. The van der Waals surface area contributed by atoms with Crippen molar-refractivity contribution in [2.24, 2.45) is 0 Å². The monoisotopic (exact) mass is 395 g/mol. The molecule has 0 spiro atoms. The number of ether oxygens (including phenoxy) is 2. The van der Waals surface area contributed by atoms with Crippen molar-refractivity contribution in [3.63, 3.8) is 0 Å². The minimum atomic E-state index is -0.186. The Hall–Kier alpha value is -3.25. The zero-order chi connectivity index (χ0) is 19.3. The molecular formula is C21H18ClN3O3. The molecule has 0 aliphatic carbocycles.